The van der Waals surface area contributed by atoms with Crippen LogP contribution in [0.2, 0.25) is 0 Å². The molecule has 1 saturated heterocycles. The van der Waals surface area contributed by atoms with Crippen LogP contribution in [0.3, 0.4) is 0 Å². The predicted octanol–water partition coefficient (Wildman–Crippen LogP) is 2.43. The third-order valence-electron chi connectivity index (χ3n) is 1.26. The number of thioether (sulfide) groups is 2. The van der Waals surface area contributed by atoms with Gasteiger partial charge in [-0.2, -0.15) is 0 Å². The molecule has 0 spiro atoms. The second kappa shape index (κ2) is 1.46. The second-order valence-electron chi connectivity index (χ2n) is 1.81. The smallest absolute Gasteiger partial charge is 0.0591 e. The predicted molar refractivity (Wildman–Crippen MR) is 36.3 cm³/mol. The van der Waals surface area contributed by atoms with Gasteiger partial charge in [-0.25, -0.2) is 0 Å². The highest BCUT2D eigenvalue weighted by molar-refractivity contribution is 8.23. The zero-order valence-electron chi connectivity index (χ0n) is 3.89. The fourth-order valence-electron chi connectivity index (χ4n) is 0.881. The van der Waals surface area contributed by atoms with Crippen molar-refractivity contribution in [2.24, 2.45) is 0 Å². The maximum absolute atomic E-state index is 2.30. The maximum atomic E-state index is 2.30. The summed E-state index contributed by atoms with van der Waals surface area (Å²) in [4.78, 5) is 1.62. The monoisotopic (exact) mass is 130 g/mol. The molecule has 7 heavy (non-hydrogen) atoms. The molecule has 1 unspecified atom stereocenters. The molecule has 0 aromatic heterocycles. The fourth-order valence-corrected chi connectivity index (χ4v) is 3.51. The molecule has 0 aromatic carbocycles. The van der Waals surface area contributed by atoms with Crippen molar-refractivity contribution in [1.82, 2.24) is 0 Å². The average Bonchev–Trinajstić information content (AvgIpc) is 2.22. The highest BCUT2D eigenvalue weighted by atomic mass is 32.2. The van der Waals surface area contributed by atoms with E-state index in [0.29, 0.717) is 0 Å². The lowest BCUT2D eigenvalue weighted by Crippen LogP contribution is -1.83. The molecular weight excluding hydrogens is 124 g/mol. The van der Waals surface area contributed by atoms with Crippen molar-refractivity contribution < 1.29 is 0 Å². The van der Waals surface area contributed by atoms with E-state index in [-0.39, 0.29) is 0 Å². The lowest BCUT2D eigenvalue weighted by molar-refractivity contribution is 0.959. The Hall–Kier alpha value is 0.440. The number of fused-ring (bicyclic) bond motifs is 2. The summed E-state index contributed by atoms with van der Waals surface area (Å²) in [5, 5.41) is 2.30. The third kappa shape index (κ3) is 0.609. The van der Waals surface area contributed by atoms with Gasteiger partial charge in [0.05, 0.1) is 4.58 Å². The molecule has 0 saturated carbocycles. The van der Waals surface area contributed by atoms with Crippen LogP contribution in [-0.2, 0) is 0 Å². The minimum atomic E-state index is 0.912. The molecule has 2 aliphatic heterocycles. The molecule has 2 aliphatic rings. The second-order valence-corrected chi connectivity index (χ2v) is 4.51. The maximum Gasteiger partial charge on any atom is 0.0591 e. The van der Waals surface area contributed by atoms with Crippen molar-refractivity contribution in [2.45, 2.75) is 17.4 Å². The number of hydrogen-bond donors (Lipinski definition) is 0. The summed E-state index contributed by atoms with van der Waals surface area (Å²) >= 11 is 4.05. The van der Waals surface area contributed by atoms with E-state index in [9.17, 15) is 0 Å². The van der Waals surface area contributed by atoms with Crippen molar-refractivity contribution in [3.05, 3.63) is 10.3 Å². The molecule has 1 atom stereocenters. The van der Waals surface area contributed by atoms with Gasteiger partial charge in [0.15, 0.2) is 0 Å². The van der Waals surface area contributed by atoms with Gasteiger partial charge in [0, 0.05) is 0 Å². The van der Waals surface area contributed by atoms with Gasteiger partial charge >= 0.3 is 0 Å². The summed E-state index contributed by atoms with van der Waals surface area (Å²) in [5.74, 6) is 0. The van der Waals surface area contributed by atoms with Gasteiger partial charge in [0.1, 0.15) is 0 Å². The van der Waals surface area contributed by atoms with E-state index >= 15 is 0 Å². The van der Waals surface area contributed by atoms with Gasteiger partial charge in [0.2, 0.25) is 0 Å². The molecular formula is C5H6S2. The van der Waals surface area contributed by atoms with Gasteiger partial charge in [-0.15, -0.1) is 23.5 Å². The summed E-state index contributed by atoms with van der Waals surface area (Å²) in [6.45, 7) is 0. The SMILES string of the molecule is C1=C2CCC(S1)S2. The zero-order valence-corrected chi connectivity index (χ0v) is 5.52. The van der Waals surface area contributed by atoms with E-state index in [0.717, 1.165) is 4.58 Å². The molecule has 0 aliphatic carbocycles. The van der Waals surface area contributed by atoms with Crippen LogP contribution in [0, 0.1) is 0 Å². The molecule has 2 heteroatoms. The normalized spacial score (nSPS) is 36.6. The van der Waals surface area contributed by atoms with Crippen LogP contribution in [0.5, 0.6) is 0 Å². The largest absolute Gasteiger partial charge is 0.119 e. The summed E-state index contributed by atoms with van der Waals surface area (Å²) in [5.41, 5.74) is 0. The van der Waals surface area contributed by atoms with Gasteiger partial charge in [-0.05, 0) is 23.2 Å². The molecule has 38 valence electrons. The van der Waals surface area contributed by atoms with E-state index < -0.39 is 0 Å². The van der Waals surface area contributed by atoms with E-state index in [2.05, 4.69) is 17.2 Å². The summed E-state index contributed by atoms with van der Waals surface area (Å²) in [7, 11) is 0. The molecule has 2 rings (SSSR count). The first-order valence-electron chi connectivity index (χ1n) is 2.46. The Labute approximate surface area is 51.7 Å². The molecule has 0 N–H and O–H groups in total. The first kappa shape index (κ1) is 4.33. The summed E-state index contributed by atoms with van der Waals surface area (Å²) in [6.07, 6.45) is 2.78. The van der Waals surface area contributed by atoms with Crippen LogP contribution < -0.4 is 0 Å². The van der Waals surface area contributed by atoms with Gasteiger partial charge in [0.25, 0.3) is 0 Å². The molecule has 0 aromatic rings. The van der Waals surface area contributed by atoms with Crippen LogP contribution >= 0.6 is 23.5 Å². The van der Waals surface area contributed by atoms with Crippen LogP contribution in [0.15, 0.2) is 10.3 Å². The number of hydrogen-bond acceptors (Lipinski definition) is 2. The minimum Gasteiger partial charge on any atom is -0.119 e. The molecule has 0 nitrogen and oxygen atoms in total. The zero-order chi connectivity index (χ0) is 4.69. The first-order chi connectivity index (χ1) is 3.45. The Morgan fingerprint density at radius 1 is 1.71 bits per heavy atom. The van der Waals surface area contributed by atoms with Crippen molar-refractivity contribution in [1.29, 1.82) is 0 Å². The van der Waals surface area contributed by atoms with Crippen molar-refractivity contribution >= 4 is 23.5 Å². The van der Waals surface area contributed by atoms with Gasteiger partial charge in [-0.3, -0.25) is 0 Å². The number of allylic oxidation sites excluding steroid dienone is 1. The first-order valence-corrected chi connectivity index (χ1v) is 4.28. The standard InChI is InChI=1S/C5H6S2/c1-2-5-6-3-4(1)7-5/h3,5H,1-2H2. The highest BCUT2D eigenvalue weighted by Crippen LogP contribution is 2.50. The van der Waals surface area contributed by atoms with E-state index in [1.807, 2.05) is 11.8 Å². The van der Waals surface area contributed by atoms with Gasteiger partial charge in [-0.1, -0.05) is 0 Å². The Morgan fingerprint density at radius 2 is 2.71 bits per heavy atom. The Kier molecular flexibility index (Phi) is 0.901. The highest BCUT2D eigenvalue weighted by Gasteiger charge is 2.24. The van der Waals surface area contributed by atoms with Crippen LogP contribution in [-0.4, -0.2) is 4.58 Å². The Morgan fingerprint density at radius 3 is 2.86 bits per heavy atom. The van der Waals surface area contributed by atoms with E-state index in [1.54, 1.807) is 4.91 Å². The Balaban J connectivity index is 2.30. The van der Waals surface area contributed by atoms with Crippen molar-refractivity contribution in [2.75, 3.05) is 0 Å². The lowest BCUT2D eigenvalue weighted by atomic mass is 10.3. The van der Waals surface area contributed by atoms with Crippen molar-refractivity contribution in [3.63, 3.8) is 0 Å². The molecule has 0 amide bonds. The molecule has 1 fully saturated rings. The topological polar surface area (TPSA) is 0 Å². The fraction of sp³-hybridized carbons (Fsp3) is 0.600. The van der Waals surface area contributed by atoms with Crippen LogP contribution in [0.4, 0.5) is 0 Å². The molecule has 2 heterocycles. The Bertz CT molecular complexity index is 117. The van der Waals surface area contributed by atoms with Gasteiger partial charge < -0.3 is 0 Å². The number of rotatable bonds is 0. The molecule has 0 radical (unpaired) electrons. The van der Waals surface area contributed by atoms with Crippen LogP contribution in [0.1, 0.15) is 12.8 Å². The minimum absolute atomic E-state index is 0.912. The summed E-state index contributed by atoms with van der Waals surface area (Å²) in [6, 6.07) is 0. The van der Waals surface area contributed by atoms with Crippen molar-refractivity contribution in [3.8, 4) is 0 Å². The molecule has 2 bridgehead atoms. The van der Waals surface area contributed by atoms with E-state index in [1.165, 1.54) is 12.8 Å². The quantitative estimate of drug-likeness (QED) is 0.494. The average molecular weight is 130 g/mol. The van der Waals surface area contributed by atoms with E-state index in [4.69, 9.17) is 0 Å². The van der Waals surface area contributed by atoms with Crippen LogP contribution in [0.25, 0.3) is 0 Å². The lowest BCUT2D eigenvalue weighted by Gasteiger charge is -1.96. The summed E-state index contributed by atoms with van der Waals surface area (Å²) < 4.78 is 0.912. The third-order valence-corrected chi connectivity index (χ3v) is 4.11.